The molecule has 2 rings (SSSR count). The lowest BCUT2D eigenvalue weighted by Crippen LogP contribution is -2.37. The maximum absolute atomic E-state index is 11.8. The van der Waals surface area contributed by atoms with Crippen LogP contribution in [0.2, 0.25) is 0 Å². The minimum atomic E-state index is -0.0957. The van der Waals surface area contributed by atoms with Gasteiger partial charge >= 0.3 is 6.03 Å². The smallest absolute Gasteiger partial charge is 0.319 e. The van der Waals surface area contributed by atoms with Gasteiger partial charge in [-0.15, -0.1) is 0 Å². The van der Waals surface area contributed by atoms with Gasteiger partial charge in [-0.1, -0.05) is 19.9 Å². The molecule has 18 heavy (non-hydrogen) atoms. The van der Waals surface area contributed by atoms with Crippen molar-refractivity contribution < 1.29 is 4.79 Å². The summed E-state index contributed by atoms with van der Waals surface area (Å²) in [6, 6.07) is 6.40. The summed E-state index contributed by atoms with van der Waals surface area (Å²) in [5, 5.41) is 5.90. The Kier molecular flexibility index (Phi) is 4.24. The van der Waals surface area contributed by atoms with Crippen LogP contribution in [0, 0.1) is 0 Å². The predicted molar refractivity (Wildman–Crippen MR) is 75.0 cm³/mol. The second-order valence-corrected chi connectivity index (χ2v) is 4.95. The zero-order valence-electron chi connectivity index (χ0n) is 11.3. The number of aryl methyl sites for hydroxylation is 2. The molecule has 3 nitrogen and oxygen atoms in total. The Hall–Kier alpha value is -1.51. The molecule has 2 amide bonds. The number of fused-ring (bicyclic) bond motifs is 1. The number of benzene rings is 1. The maximum Gasteiger partial charge on any atom is 0.319 e. The molecule has 0 fully saturated rings. The number of rotatable bonds is 4. The molecule has 0 unspecified atom stereocenters. The summed E-state index contributed by atoms with van der Waals surface area (Å²) in [5.74, 6) is 0. The maximum atomic E-state index is 11.8. The summed E-state index contributed by atoms with van der Waals surface area (Å²) >= 11 is 0. The van der Waals surface area contributed by atoms with Gasteiger partial charge in [0.2, 0.25) is 0 Å². The van der Waals surface area contributed by atoms with E-state index in [1.807, 2.05) is 6.07 Å². The number of anilines is 1. The van der Waals surface area contributed by atoms with Gasteiger partial charge in [0.05, 0.1) is 0 Å². The van der Waals surface area contributed by atoms with E-state index < -0.39 is 0 Å². The van der Waals surface area contributed by atoms with Crippen molar-refractivity contribution in [3.8, 4) is 0 Å². The van der Waals surface area contributed by atoms with Crippen molar-refractivity contribution in [2.24, 2.45) is 0 Å². The molecule has 98 valence electrons. The van der Waals surface area contributed by atoms with Crippen LogP contribution in [-0.2, 0) is 12.8 Å². The number of amides is 2. The Morgan fingerprint density at radius 1 is 1.22 bits per heavy atom. The molecule has 0 spiro atoms. The monoisotopic (exact) mass is 246 g/mol. The first-order valence-electron chi connectivity index (χ1n) is 6.92. The summed E-state index contributed by atoms with van der Waals surface area (Å²) in [5.41, 5.74) is 3.72. The third-order valence-corrected chi connectivity index (χ3v) is 3.68. The Morgan fingerprint density at radius 3 is 2.67 bits per heavy atom. The fourth-order valence-corrected chi connectivity index (χ4v) is 2.49. The third kappa shape index (κ3) is 3.03. The van der Waals surface area contributed by atoms with E-state index in [1.165, 1.54) is 24.0 Å². The second-order valence-electron chi connectivity index (χ2n) is 4.95. The molecule has 0 aromatic heterocycles. The predicted octanol–water partition coefficient (Wildman–Crippen LogP) is 3.49. The van der Waals surface area contributed by atoms with E-state index in [1.54, 1.807) is 0 Å². The number of hydrogen-bond donors (Lipinski definition) is 2. The molecule has 1 aliphatic rings. The Balaban J connectivity index is 1.95. The van der Waals surface area contributed by atoms with E-state index >= 15 is 0 Å². The van der Waals surface area contributed by atoms with Crippen LogP contribution in [0.5, 0.6) is 0 Å². The number of carbonyl (C=O) groups excluding carboxylic acids is 1. The van der Waals surface area contributed by atoms with E-state index in [0.717, 1.165) is 24.9 Å². The van der Waals surface area contributed by atoms with Gasteiger partial charge in [-0.05, 0) is 55.4 Å². The van der Waals surface area contributed by atoms with Crippen molar-refractivity contribution in [1.82, 2.24) is 5.32 Å². The minimum Gasteiger partial charge on any atom is -0.335 e. The van der Waals surface area contributed by atoms with Gasteiger partial charge in [0.25, 0.3) is 0 Å². The van der Waals surface area contributed by atoms with Gasteiger partial charge < -0.3 is 10.6 Å². The van der Waals surface area contributed by atoms with Gasteiger partial charge in [-0.3, -0.25) is 0 Å². The van der Waals surface area contributed by atoms with Crippen LogP contribution in [0.1, 0.15) is 44.2 Å². The fourth-order valence-electron chi connectivity index (χ4n) is 2.49. The standard InChI is InChI=1S/C15H22N2O/c1-3-13(4-2)16-15(18)17-14-9-8-11-6-5-7-12(11)10-14/h8-10,13H,3-7H2,1-2H3,(H2,16,17,18). The van der Waals surface area contributed by atoms with Gasteiger partial charge in [0.1, 0.15) is 0 Å². The average Bonchev–Trinajstić information content (AvgIpc) is 2.83. The first-order valence-corrected chi connectivity index (χ1v) is 6.92. The highest BCUT2D eigenvalue weighted by molar-refractivity contribution is 5.89. The molecule has 0 aliphatic heterocycles. The third-order valence-electron chi connectivity index (χ3n) is 3.68. The minimum absolute atomic E-state index is 0.0957. The molecule has 0 radical (unpaired) electrons. The van der Waals surface area contributed by atoms with E-state index in [-0.39, 0.29) is 12.1 Å². The van der Waals surface area contributed by atoms with Crippen molar-refractivity contribution in [3.05, 3.63) is 29.3 Å². The molecule has 0 heterocycles. The number of urea groups is 1. The van der Waals surface area contributed by atoms with Crippen LogP contribution in [0.3, 0.4) is 0 Å². The van der Waals surface area contributed by atoms with E-state index in [9.17, 15) is 4.79 Å². The van der Waals surface area contributed by atoms with Crippen LogP contribution < -0.4 is 10.6 Å². The summed E-state index contributed by atoms with van der Waals surface area (Å²) in [7, 11) is 0. The van der Waals surface area contributed by atoms with Crippen molar-refractivity contribution in [2.75, 3.05) is 5.32 Å². The van der Waals surface area contributed by atoms with Gasteiger partial charge in [-0.25, -0.2) is 4.79 Å². The highest BCUT2D eigenvalue weighted by Gasteiger charge is 2.12. The lowest BCUT2D eigenvalue weighted by atomic mass is 10.1. The molecular weight excluding hydrogens is 224 g/mol. The number of nitrogens with one attached hydrogen (secondary N) is 2. The van der Waals surface area contributed by atoms with Crippen molar-refractivity contribution in [1.29, 1.82) is 0 Å². The quantitative estimate of drug-likeness (QED) is 0.839. The molecule has 0 atom stereocenters. The lowest BCUT2D eigenvalue weighted by Gasteiger charge is -2.15. The number of hydrogen-bond acceptors (Lipinski definition) is 1. The van der Waals surface area contributed by atoms with Gasteiger partial charge in [0, 0.05) is 11.7 Å². The van der Waals surface area contributed by atoms with E-state index in [4.69, 9.17) is 0 Å². The van der Waals surface area contributed by atoms with Crippen LogP contribution in [0.25, 0.3) is 0 Å². The molecular formula is C15H22N2O. The molecule has 0 saturated carbocycles. The highest BCUT2D eigenvalue weighted by Crippen LogP contribution is 2.24. The zero-order valence-corrected chi connectivity index (χ0v) is 11.3. The van der Waals surface area contributed by atoms with E-state index in [0.29, 0.717) is 0 Å². The molecule has 1 aromatic rings. The topological polar surface area (TPSA) is 41.1 Å². The molecule has 0 saturated heterocycles. The van der Waals surface area contributed by atoms with Gasteiger partial charge in [0.15, 0.2) is 0 Å². The molecule has 2 N–H and O–H groups in total. The first kappa shape index (κ1) is 12.9. The van der Waals surface area contributed by atoms with Crippen molar-refractivity contribution in [3.63, 3.8) is 0 Å². The molecule has 1 aromatic carbocycles. The summed E-state index contributed by atoms with van der Waals surface area (Å²) in [4.78, 5) is 11.8. The highest BCUT2D eigenvalue weighted by atomic mass is 16.2. The van der Waals surface area contributed by atoms with Crippen LogP contribution in [0.4, 0.5) is 10.5 Å². The Bertz CT molecular complexity index is 425. The first-order chi connectivity index (χ1) is 8.72. The summed E-state index contributed by atoms with van der Waals surface area (Å²) in [6.07, 6.45) is 5.48. The molecule has 3 heteroatoms. The Morgan fingerprint density at radius 2 is 1.94 bits per heavy atom. The van der Waals surface area contributed by atoms with Crippen LogP contribution in [-0.4, -0.2) is 12.1 Å². The Labute approximate surface area is 109 Å². The zero-order chi connectivity index (χ0) is 13.0. The summed E-state index contributed by atoms with van der Waals surface area (Å²) < 4.78 is 0. The van der Waals surface area contributed by atoms with Crippen molar-refractivity contribution in [2.45, 2.75) is 52.0 Å². The fraction of sp³-hybridized carbons (Fsp3) is 0.533. The molecule has 0 bridgehead atoms. The molecule has 1 aliphatic carbocycles. The lowest BCUT2D eigenvalue weighted by molar-refractivity contribution is 0.247. The average molecular weight is 246 g/mol. The van der Waals surface area contributed by atoms with Gasteiger partial charge in [-0.2, -0.15) is 0 Å². The summed E-state index contributed by atoms with van der Waals surface area (Å²) in [6.45, 7) is 4.17. The SMILES string of the molecule is CCC(CC)NC(=O)Nc1ccc2c(c1)CCC2. The largest absolute Gasteiger partial charge is 0.335 e. The van der Waals surface area contributed by atoms with E-state index in [2.05, 4.69) is 36.6 Å². The number of carbonyl (C=O) groups is 1. The van der Waals surface area contributed by atoms with Crippen LogP contribution >= 0.6 is 0 Å². The normalized spacial score (nSPS) is 13.5. The second kappa shape index (κ2) is 5.89. The van der Waals surface area contributed by atoms with Crippen LogP contribution in [0.15, 0.2) is 18.2 Å². The van der Waals surface area contributed by atoms with Crippen molar-refractivity contribution >= 4 is 11.7 Å².